The van der Waals surface area contributed by atoms with Gasteiger partial charge in [0.25, 0.3) is 0 Å². The summed E-state index contributed by atoms with van der Waals surface area (Å²) in [6, 6.07) is 14.8. The lowest BCUT2D eigenvalue weighted by Crippen LogP contribution is -2.42. The molecule has 0 saturated heterocycles. The molecule has 116 valence electrons. The third kappa shape index (κ3) is 3.93. The van der Waals surface area contributed by atoms with Gasteiger partial charge in [-0.15, -0.1) is 0 Å². The minimum atomic E-state index is -0.758. The zero-order chi connectivity index (χ0) is 16.1. The molecule has 2 aromatic carbocycles. The molecule has 0 amide bonds. The van der Waals surface area contributed by atoms with E-state index >= 15 is 0 Å². The van der Waals surface area contributed by atoms with Gasteiger partial charge in [-0.1, -0.05) is 42.5 Å². The number of ketones is 1. The van der Waals surface area contributed by atoms with Crippen molar-refractivity contribution in [2.45, 2.75) is 32.0 Å². The number of hydrogen-bond acceptors (Lipinski definition) is 4. The Kier molecular flexibility index (Phi) is 5.31. The van der Waals surface area contributed by atoms with E-state index in [0.29, 0.717) is 11.1 Å². The van der Waals surface area contributed by atoms with Crippen molar-refractivity contribution in [2.24, 2.45) is 0 Å². The zero-order valence-electron chi connectivity index (χ0n) is 12.7. The predicted molar refractivity (Wildman–Crippen MR) is 85.9 cm³/mol. The van der Waals surface area contributed by atoms with Gasteiger partial charge in [-0.25, -0.2) is 0 Å². The van der Waals surface area contributed by atoms with Crippen molar-refractivity contribution in [2.75, 3.05) is 0 Å². The van der Waals surface area contributed by atoms with Crippen LogP contribution in [0.15, 0.2) is 54.6 Å². The van der Waals surface area contributed by atoms with Crippen molar-refractivity contribution in [1.82, 2.24) is 5.32 Å². The molecule has 0 heterocycles. The lowest BCUT2D eigenvalue weighted by atomic mass is 10.0. The number of phenolic OH excluding ortho intramolecular Hbond substituents is 1. The van der Waals surface area contributed by atoms with Gasteiger partial charge in [0, 0.05) is 11.6 Å². The molecule has 0 aliphatic carbocycles. The van der Waals surface area contributed by atoms with Gasteiger partial charge in [-0.05, 0) is 31.5 Å². The SMILES string of the molecule is C[C@@H](N[C@H](C)[C@@H](O)c1ccc(O)cc1)C(=O)c1ccccc1. The van der Waals surface area contributed by atoms with Gasteiger partial charge >= 0.3 is 0 Å². The van der Waals surface area contributed by atoms with Crippen LogP contribution in [0.4, 0.5) is 0 Å². The normalized spacial score (nSPS) is 15.0. The zero-order valence-corrected chi connectivity index (χ0v) is 12.7. The summed E-state index contributed by atoms with van der Waals surface area (Å²) in [5.41, 5.74) is 1.34. The largest absolute Gasteiger partial charge is 0.508 e. The summed E-state index contributed by atoms with van der Waals surface area (Å²) >= 11 is 0. The highest BCUT2D eigenvalue weighted by atomic mass is 16.3. The van der Waals surface area contributed by atoms with Crippen LogP contribution in [0, 0.1) is 0 Å². The smallest absolute Gasteiger partial charge is 0.179 e. The number of aromatic hydroxyl groups is 1. The molecule has 4 nitrogen and oxygen atoms in total. The van der Waals surface area contributed by atoms with Crippen LogP contribution in [-0.2, 0) is 0 Å². The molecule has 0 saturated carbocycles. The molecule has 2 aromatic rings. The maximum atomic E-state index is 12.3. The fraction of sp³-hybridized carbons (Fsp3) is 0.278. The quantitative estimate of drug-likeness (QED) is 0.717. The van der Waals surface area contributed by atoms with Crippen LogP contribution in [0.1, 0.15) is 35.9 Å². The summed E-state index contributed by atoms with van der Waals surface area (Å²) in [6.45, 7) is 3.61. The number of rotatable bonds is 6. The first-order valence-electron chi connectivity index (χ1n) is 7.31. The molecule has 0 radical (unpaired) electrons. The first kappa shape index (κ1) is 16.2. The van der Waals surface area contributed by atoms with Crippen LogP contribution in [0.2, 0.25) is 0 Å². The summed E-state index contributed by atoms with van der Waals surface area (Å²) in [4.78, 5) is 12.3. The summed E-state index contributed by atoms with van der Waals surface area (Å²) in [7, 11) is 0. The van der Waals surface area contributed by atoms with Gasteiger partial charge in [-0.3, -0.25) is 4.79 Å². The van der Waals surface area contributed by atoms with Crippen molar-refractivity contribution >= 4 is 5.78 Å². The number of carbonyl (C=O) groups is 1. The Bertz CT molecular complexity index is 610. The van der Waals surface area contributed by atoms with E-state index in [1.54, 1.807) is 31.2 Å². The van der Waals surface area contributed by atoms with E-state index in [1.165, 1.54) is 12.1 Å². The van der Waals surface area contributed by atoms with Gasteiger partial charge in [0.2, 0.25) is 0 Å². The number of Topliss-reactive ketones (excluding diaryl/α,β-unsaturated/α-hetero) is 1. The number of aliphatic hydroxyl groups is 1. The van der Waals surface area contributed by atoms with Crippen LogP contribution in [0.5, 0.6) is 5.75 Å². The number of nitrogens with one attached hydrogen (secondary N) is 1. The van der Waals surface area contributed by atoms with E-state index in [0.717, 1.165) is 0 Å². The second-order valence-corrected chi connectivity index (χ2v) is 5.44. The van der Waals surface area contributed by atoms with Crippen molar-refractivity contribution < 1.29 is 15.0 Å². The Morgan fingerprint density at radius 3 is 2.18 bits per heavy atom. The van der Waals surface area contributed by atoms with E-state index in [2.05, 4.69) is 5.32 Å². The van der Waals surface area contributed by atoms with E-state index in [1.807, 2.05) is 25.1 Å². The van der Waals surface area contributed by atoms with Crippen LogP contribution >= 0.6 is 0 Å². The van der Waals surface area contributed by atoms with Crippen molar-refractivity contribution in [3.8, 4) is 5.75 Å². The fourth-order valence-corrected chi connectivity index (χ4v) is 2.37. The highest BCUT2D eigenvalue weighted by molar-refractivity contribution is 5.99. The molecular weight excluding hydrogens is 278 g/mol. The van der Waals surface area contributed by atoms with E-state index in [-0.39, 0.29) is 17.6 Å². The Morgan fingerprint density at radius 2 is 1.59 bits per heavy atom. The van der Waals surface area contributed by atoms with Crippen LogP contribution in [0.25, 0.3) is 0 Å². The van der Waals surface area contributed by atoms with Gasteiger partial charge in [0.1, 0.15) is 5.75 Å². The molecule has 4 heteroatoms. The standard InChI is InChI=1S/C18H21NO3/c1-12(17(21)14-6-4-3-5-7-14)19-13(2)18(22)15-8-10-16(20)11-9-15/h3-13,18-20,22H,1-2H3/t12-,13-,18-/m1/s1. The van der Waals surface area contributed by atoms with Gasteiger partial charge < -0.3 is 15.5 Å². The number of carbonyl (C=O) groups excluding carboxylic acids is 1. The monoisotopic (exact) mass is 299 g/mol. The molecule has 0 aromatic heterocycles. The van der Waals surface area contributed by atoms with Crippen LogP contribution in [0.3, 0.4) is 0 Å². The Morgan fingerprint density at radius 1 is 1.00 bits per heavy atom. The summed E-state index contributed by atoms with van der Waals surface area (Å²) in [5, 5.41) is 22.7. The number of hydrogen-bond donors (Lipinski definition) is 3. The molecule has 0 bridgehead atoms. The fourth-order valence-electron chi connectivity index (χ4n) is 2.37. The Hall–Kier alpha value is -2.17. The Balaban J connectivity index is 2.00. The molecule has 22 heavy (non-hydrogen) atoms. The molecule has 3 N–H and O–H groups in total. The topological polar surface area (TPSA) is 69.6 Å². The molecule has 3 atom stereocenters. The molecule has 0 aliphatic rings. The second kappa shape index (κ2) is 7.20. The number of aliphatic hydroxyl groups excluding tert-OH is 1. The average molecular weight is 299 g/mol. The molecule has 0 aliphatic heterocycles. The van der Waals surface area contributed by atoms with Crippen LogP contribution < -0.4 is 5.32 Å². The third-order valence-electron chi connectivity index (χ3n) is 3.67. The van der Waals surface area contributed by atoms with Crippen molar-refractivity contribution in [3.63, 3.8) is 0 Å². The maximum Gasteiger partial charge on any atom is 0.179 e. The van der Waals surface area contributed by atoms with Gasteiger partial charge in [0.15, 0.2) is 5.78 Å². The molecule has 0 unspecified atom stereocenters. The van der Waals surface area contributed by atoms with E-state index in [4.69, 9.17) is 0 Å². The highest BCUT2D eigenvalue weighted by Gasteiger charge is 2.22. The number of phenols is 1. The minimum Gasteiger partial charge on any atom is -0.508 e. The minimum absolute atomic E-state index is 0.00893. The highest BCUT2D eigenvalue weighted by Crippen LogP contribution is 2.20. The van der Waals surface area contributed by atoms with Crippen molar-refractivity contribution in [1.29, 1.82) is 0 Å². The Labute approximate surface area is 130 Å². The maximum absolute atomic E-state index is 12.3. The molecular formula is C18H21NO3. The summed E-state index contributed by atoms with van der Waals surface area (Å²) in [5.74, 6) is 0.148. The third-order valence-corrected chi connectivity index (χ3v) is 3.67. The number of benzene rings is 2. The summed E-state index contributed by atoms with van der Waals surface area (Å²) < 4.78 is 0. The average Bonchev–Trinajstić information content (AvgIpc) is 2.54. The molecule has 0 fully saturated rings. The molecule has 0 spiro atoms. The predicted octanol–water partition coefficient (Wildman–Crippen LogP) is 2.68. The lowest BCUT2D eigenvalue weighted by molar-refractivity contribution is 0.0902. The summed E-state index contributed by atoms with van der Waals surface area (Å²) in [6.07, 6.45) is -0.758. The van der Waals surface area contributed by atoms with E-state index < -0.39 is 12.1 Å². The first-order chi connectivity index (χ1) is 10.5. The molecule has 2 rings (SSSR count). The lowest BCUT2D eigenvalue weighted by Gasteiger charge is -2.24. The van der Waals surface area contributed by atoms with Gasteiger partial charge in [0.05, 0.1) is 12.1 Å². The van der Waals surface area contributed by atoms with Gasteiger partial charge in [-0.2, -0.15) is 0 Å². The van der Waals surface area contributed by atoms with E-state index in [9.17, 15) is 15.0 Å². The van der Waals surface area contributed by atoms with Crippen molar-refractivity contribution in [3.05, 3.63) is 65.7 Å². The second-order valence-electron chi connectivity index (χ2n) is 5.44. The van der Waals surface area contributed by atoms with Crippen LogP contribution in [-0.4, -0.2) is 28.1 Å². The first-order valence-corrected chi connectivity index (χ1v) is 7.31.